The molecule has 1 heteroatoms. The first-order valence-electron chi connectivity index (χ1n) is 7.40. The van der Waals surface area contributed by atoms with E-state index in [1.54, 1.807) is 5.57 Å². The monoisotopic (exact) mass is 230 g/mol. The fourth-order valence-corrected chi connectivity index (χ4v) is 4.77. The minimum atomic E-state index is 0.454. The SMILES string of the molecule is C1=CC2OCC3C4CCCCC4=CCC3C2C1. The first-order chi connectivity index (χ1) is 8.43. The fourth-order valence-electron chi connectivity index (χ4n) is 4.77. The third-order valence-electron chi connectivity index (χ3n) is 5.61. The van der Waals surface area contributed by atoms with Gasteiger partial charge in [0.2, 0.25) is 0 Å². The lowest BCUT2D eigenvalue weighted by atomic mass is 9.62. The normalized spacial score (nSPS) is 48.0. The average Bonchev–Trinajstić information content (AvgIpc) is 2.86. The maximum atomic E-state index is 6.11. The van der Waals surface area contributed by atoms with Crippen LogP contribution in [0.15, 0.2) is 23.8 Å². The molecule has 0 spiro atoms. The van der Waals surface area contributed by atoms with E-state index in [-0.39, 0.29) is 0 Å². The summed E-state index contributed by atoms with van der Waals surface area (Å²) in [5.74, 6) is 3.43. The summed E-state index contributed by atoms with van der Waals surface area (Å²) in [5, 5.41) is 0. The van der Waals surface area contributed by atoms with Gasteiger partial charge in [0.25, 0.3) is 0 Å². The second kappa shape index (κ2) is 3.98. The van der Waals surface area contributed by atoms with Gasteiger partial charge in [0.1, 0.15) is 0 Å². The van der Waals surface area contributed by atoms with Crippen LogP contribution in [0.1, 0.15) is 38.5 Å². The summed E-state index contributed by atoms with van der Waals surface area (Å²) in [4.78, 5) is 0. The Morgan fingerprint density at radius 3 is 3.06 bits per heavy atom. The quantitative estimate of drug-likeness (QED) is 0.576. The van der Waals surface area contributed by atoms with Crippen molar-refractivity contribution in [3.05, 3.63) is 23.8 Å². The van der Waals surface area contributed by atoms with Crippen LogP contribution in [-0.2, 0) is 4.74 Å². The molecule has 0 bridgehead atoms. The average molecular weight is 230 g/mol. The Hall–Kier alpha value is -0.560. The predicted molar refractivity (Wildman–Crippen MR) is 68.6 cm³/mol. The van der Waals surface area contributed by atoms with Gasteiger partial charge in [-0.25, -0.2) is 0 Å². The molecular formula is C16H22O. The number of hydrogen-bond acceptors (Lipinski definition) is 1. The second-order valence-electron chi connectivity index (χ2n) is 6.32. The van der Waals surface area contributed by atoms with Crippen LogP contribution in [0.5, 0.6) is 0 Å². The highest BCUT2D eigenvalue weighted by molar-refractivity contribution is 5.19. The van der Waals surface area contributed by atoms with Gasteiger partial charge in [-0.2, -0.15) is 0 Å². The number of hydrogen-bond donors (Lipinski definition) is 0. The van der Waals surface area contributed by atoms with Crippen molar-refractivity contribution in [2.45, 2.75) is 44.6 Å². The summed E-state index contributed by atoms with van der Waals surface area (Å²) in [6.07, 6.45) is 16.0. The molecule has 1 saturated carbocycles. The van der Waals surface area contributed by atoms with Gasteiger partial charge in [-0.15, -0.1) is 0 Å². The van der Waals surface area contributed by atoms with E-state index in [1.807, 2.05) is 0 Å². The van der Waals surface area contributed by atoms with Crippen LogP contribution in [0.4, 0.5) is 0 Å². The van der Waals surface area contributed by atoms with Gasteiger partial charge in [0, 0.05) is 0 Å². The molecule has 3 aliphatic carbocycles. The number of allylic oxidation sites excluding steroid dienone is 3. The van der Waals surface area contributed by atoms with E-state index >= 15 is 0 Å². The highest BCUT2D eigenvalue weighted by Gasteiger charge is 2.45. The van der Waals surface area contributed by atoms with Crippen LogP contribution in [0.2, 0.25) is 0 Å². The molecule has 0 amide bonds. The van der Waals surface area contributed by atoms with Gasteiger partial charge >= 0.3 is 0 Å². The van der Waals surface area contributed by atoms with Crippen molar-refractivity contribution in [2.75, 3.05) is 6.61 Å². The van der Waals surface area contributed by atoms with E-state index < -0.39 is 0 Å². The summed E-state index contributed by atoms with van der Waals surface area (Å²) >= 11 is 0. The molecule has 4 rings (SSSR count). The maximum Gasteiger partial charge on any atom is 0.0789 e. The minimum absolute atomic E-state index is 0.454. The zero-order chi connectivity index (χ0) is 11.2. The molecule has 0 radical (unpaired) electrons. The second-order valence-corrected chi connectivity index (χ2v) is 6.32. The van der Waals surface area contributed by atoms with Gasteiger partial charge in [0.15, 0.2) is 0 Å². The molecule has 0 N–H and O–H groups in total. The van der Waals surface area contributed by atoms with E-state index in [0.717, 1.165) is 30.3 Å². The number of rotatable bonds is 0. The van der Waals surface area contributed by atoms with E-state index in [4.69, 9.17) is 4.74 Å². The van der Waals surface area contributed by atoms with E-state index in [0.29, 0.717) is 6.10 Å². The molecule has 17 heavy (non-hydrogen) atoms. The minimum Gasteiger partial charge on any atom is -0.374 e. The van der Waals surface area contributed by atoms with Gasteiger partial charge in [-0.3, -0.25) is 0 Å². The Morgan fingerprint density at radius 2 is 2.06 bits per heavy atom. The molecule has 92 valence electrons. The molecule has 2 fully saturated rings. The highest BCUT2D eigenvalue weighted by Crippen LogP contribution is 2.50. The Morgan fingerprint density at radius 1 is 1.06 bits per heavy atom. The lowest BCUT2D eigenvalue weighted by molar-refractivity contribution is -0.0809. The van der Waals surface area contributed by atoms with Gasteiger partial charge in [-0.1, -0.05) is 30.2 Å². The van der Waals surface area contributed by atoms with Crippen molar-refractivity contribution >= 4 is 0 Å². The fraction of sp³-hybridized carbons (Fsp3) is 0.750. The third-order valence-corrected chi connectivity index (χ3v) is 5.61. The van der Waals surface area contributed by atoms with Crippen molar-refractivity contribution in [3.8, 4) is 0 Å². The van der Waals surface area contributed by atoms with Crippen molar-refractivity contribution < 1.29 is 4.74 Å². The lowest BCUT2D eigenvalue weighted by Gasteiger charge is -2.48. The summed E-state index contributed by atoms with van der Waals surface area (Å²) in [6.45, 7) is 1.03. The molecule has 1 saturated heterocycles. The van der Waals surface area contributed by atoms with Crippen LogP contribution in [0, 0.1) is 23.7 Å². The summed E-state index contributed by atoms with van der Waals surface area (Å²) < 4.78 is 6.11. The van der Waals surface area contributed by atoms with Crippen LogP contribution in [-0.4, -0.2) is 12.7 Å². The number of fused-ring (bicyclic) bond motifs is 5. The van der Waals surface area contributed by atoms with E-state index in [9.17, 15) is 0 Å². The molecule has 5 unspecified atom stereocenters. The zero-order valence-electron chi connectivity index (χ0n) is 10.5. The van der Waals surface area contributed by atoms with Gasteiger partial charge < -0.3 is 4.74 Å². The third kappa shape index (κ3) is 1.55. The van der Waals surface area contributed by atoms with Gasteiger partial charge in [-0.05, 0) is 55.8 Å². The molecule has 1 heterocycles. The molecule has 0 aromatic rings. The largest absolute Gasteiger partial charge is 0.374 e. The Kier molecular flexibility index (Phi) is 2.43. The van der Waals surface area contributed by atoms with Crippen LogP contribution in [0.3, 0.4) is 0 Å². The van der Waals surface area contributed by atoms with Crippen LogP contribution < -0.4 is 0 Å². The van der Waals surface area contributed by atoms with Crippen molar-refractivity contribution in [1.29, 1.82) is 0 Å². The Balaban J connectivity index is 1.62. The smallest absolute Gasteiger partial charge is 0.0789 e. The Bertz CT molecular complexity index is 368. The molecule has 1 aliphatic heterocycles. The molecular weight excluding hydrogens is 208 g/mol. The first kappa shape index (κ1) is 10.4. The van der Waals surface area contributed by atoms with Crippen LogP contribution in [0.25, 0.3) is 0 Å². The van der Waals surface area contributed by atoms with Crippen molar-refractivity contribution in [3.63, 3.8) is 0 Å². The summed E-state index contributed by atoms with van der Waals surface area (Å²) in [6, 6.07) is 0. The first-order valence-corrected chi connectivity index (χ1v) is 7.40. The Labute approximate surface area is 104 Å². The highest BCUT2D eigenvalue weighted by atomic mass is 16.5. The molecule has 0 aromatic carbocycles. The molecule has 4 aliphatic rings. The predicted octanol–water partition coefficient (Wildman–Crippen LogP) is 3.71. The topological polar surface area (TPSA) is 9.23 Å². The summed E-state index contributed by atoms with van der Waals surface area (Å²) in [7, 11) is 0. The van der Waals surface area contributed by atoms with Crippen molar-refractivity contribution in [1.82, 2.24) is 0 Å². The van der Waals surface area contributed by atoms with Gasteiger partial charge in [0.05, 0.1) is 12.7 Å². The molecule has 1 nitrogen and oxygen atoms in total. The number of ether oxygens (including phenoxy) is 1. The maximum absolute atomic E-state index is 6.11. The molecule has 0 aromatic heterocycles. The molecule has 5 atom stereocenters. The zero-order valence-corrected chi connectivity index (χ0v) is 10.5. The lowest BCUT2D eigenvalue weighted by Crippen LogP contribution is -2.45. The summed E-state index contributed by atoms with van der Waals surface area (Å²) in [5.41, 5.74) is 1.78. The van der Waals surface area contributed by atoms with Crippen LogP contribution >= 0.6 is 0 Å². The van der Waals surface area contributed by atoms with E-state index in [2.05, 4.69) is 18.2 Å². The van der Waals surface area contributed by atoms with E-state index in [1.165, 1.54) is 38.5 Å². The standard InChI is InChI=1S/C16H22O/c1-2-5-12-11(4-1)8-9-13-14-6-3-7-16(14)17-10-15(12)13/h3,7-8,12-16H,1-2,4-6,9-10H2. The van der Waals surface area contributed by atoms with Crippen molar-refractivity contribution in [2.24, 2.45) is 23.7 Å².